The Balaban J connectivity index is 4.88. The minimum atomic E-state index is -1.03. The molecular formula is C15H28N2O4. The predicted octanol–water partition coefficient (Wildman–Crippen LogP) is 1.27. The number of ether oxygens (including phenoxy) is 2. The summed E-state index contributed by atoms with van der Waals surface area (Å²) in [6.07, 6.45) is 1.47. The predicted molar refractivity (Wildman–Crippen MR) is 81.4 cm³/mol. The molecule has 0 saturated heterocycles. The van der Waals surface area contributed by atoms with Crippen LogP contribution in [0.2, 0.25) is 0 Å². The van der Waals surface area contributed by atoms with E-state index in [1.165, 1.54) is 0 Å². The summed E-state index contributed by atoms with van der Waals surface area (Å²) < 4.78 is 10.4. The summed E-state index contributed by atoms with van der Waals surface area (Å²) in [6.45, 7) is 10.7. The Morgan fingerprint density at radius 3 is 1.90 bits per heavy atom. The highest BCUT2D eigenvalue weighted by Gasteiger charge is 2.27. The summed E-state index contributed by atoms with van der Waals surface area (Å²) >= 11 is 0. The van der Waals surface area contributed by atoms with Gasteiger partial charge in [-0.1, -0.05) is 6.08 Å². The van der Waals surface area contributed by atoms with Crippen LogP contribution in [0, 0.1) is 0 Å². The monoisotopic (exact) mass is 300 g/mol. The van der Waals surface area contributed by atoms with Crippen LogP contribution >= 0.6 is 0 Å². The average Bonchev–Trinajstić information content (AvgIpc) is 2.22. The van der Waals surface area contributed by atoms with E-state index in [1.807, 2.05) is 0 Å². The number of hydrogen-bond donors (Lipinski definition) is 2. The van der Waals surface area contributed by atoms with Gasteiger partial charge in [0.25, 0.3) is 0 Å². The first-order valence-electron chi connectivity index (χ1n) is 6.95. The lowest BCUT2D eigenvalue weighted by molar-refractivity contribution is -0.155. The van der Waals surface area contributed by atoms with Gasteiger partial charge in [-0.3, -0.25) is 4.79 Å². The highest BCUT2D eigenvalue weighted by atomic mass is 16.6. The standard InChI is InChI=1S/C15H28N2O4/c1-14(2,3)20-11(18)9-10(7-8-16)12(17)13(19)21-15(4,5)6/h7,12H,8-9,16-17H2,1-6H3. The fraction of sp³-hybridized carbons (Fsp3) is 0.733. The Bertz CT molecular complexity index is 403. The smallest absolute Gasteiger partial charge is 0.327 e. The molecule has 6 nitrogen and oxygen atoms in total. The molecule has 0 spiro atoms. The summed E-state index contributed by atoms with van der Waals surface area (Å²) in [4.78, 5) is 23.8. The first-order chi connectivity index (χ1) is 9.35. The zero-order valence-corrected chi connectivity index (χ0v) is 13.9. The second kappa shape index (κ2) is 7.56. The number of carbonyl (C=O) groups is 2. The molecular weight excluding hydrogens is 272 g/mol. The van der Waals surface area contributed by atoms with E-state index in [0.717, 1.165) is 0 Å². The van der Waals surface area contributed by atoms with Gasteiger partial charge in [0, 0.05) is 6.54 Å². The Hall–Kier alpha value is -1.40. The van der Waals surface area contributed by atoms with E-state index in [1.54, 1.807) is 47.6 Å². The van der Waals surface area contributed by atoms with Crippen molar-refractivity contribution in [2.24, 2.45) is 11.5 Å². The zero-order valence-electron chi connectivity index (χ0n) is 13.9. The van der Waals surface area contributed by atoms with Crippen LogP contribution in [0.25, 0.3) is 0 Å². The largest absolute Gasteiger partial charge is 0.460 e. The third kappa shape index (κ3) is 9.20. The van der Waals surface area contributed by atoms with Crippen LogP contribution in [-0.4, -0.2) is 35.7 Å². The highest BCUT2D eigenvalue weighted by molar-refractivity contribution is 5.83. The number of hydrogen-bond acceptors (Lipinski definition) is 6. The lowest BCUT2D eigenvalue weighted by Gasteiger charge is -2.24. The average molecular weight is 300 g/mol. The Morgan fingerprint density at radius 1 is 1.05 bits per heavy atom. The molecule has 0 aliphatic heterocycles. The zero-order chi connectivity index (χ0) is 16.8. The molecule has 122 valence electrons. The summed E-state index contributed by atoms with van der Waals surface area (Å²) in [7, 11) is 0. The van der Waals surface area contributed by atoms with Crippen LogP contribution in [-0.2, 0) is 19.1 Å². The van der Waals surface area contributed by atoms with Crippen LogP contribution in [0.1, 0.15) is 48.0 Å². The van der Waals surface area contributed by atoms with E-state index in [4.69, 9.17) is 20.9 Å². The van der Waals surface area contributed by atoms with Gasteiger partial charge in [0.15, 0.2) is 0 Å². The second-order valence-electron chi connectivity index (χ2n) is 6.79. The summed E-state index contributed by atoms with van der Waals surface area (Å²) in [5.74, 6) is -1.05. The summed E-state index contributed by atoms with van der Waals surface area (Å²) in [5.41, 5.74) is 10.5. The van der Waals surface area contributed by atoms with Crippen molar-refractivity contribution < 1.29 is 19.1 Å². The highest BCUT2D eigenvalue weighted by Crippen LogP contribution is 2.16. The maximum atomic E-state index is 12.0. The lowest BCUT2D eigenvalue weighted by atomic mass is 10.0. The number of rotatable bonds is 5. The topological polar surface area (TPSA) is 105 Å². The first-order valence-corrected chi connectivity index (χ1v) is 6.95. The van der Waals surface area contributed by atoms with Crippen LogP contribution in [0.4, 0.5) is 0 Å². The molecule has 0 rings (SSSR count). The van der Waals surface area contributed by atoms with Gasteiger partial charge in [-0.2, -0.15) is 0 Å². The molecule has 0 radical (unpaired) electrons. The molecule has 0 aliphatic rings. The minimum Gasteiger partial charge on any atom is -0.460 e. The molecule has 0 aromatic rings. The van der Waals surface area contributed by atoms with Crippen molar-refractivity contribution in [2.45, 2.75) is 65.2 Å². The van der Waals surface area contributed by atoms with E-state index in [9.17, 15) is 9.59 Å². The van der Waals surface area contributed by atoms with Crippen LogP contribution < -0.4 is 11.5 Å². The maximum Gasteiger partial charge on any atom is 0.327 e. The Kier molecular flexibility index (Phi) is 7.06. The van der Waals surface area contributed by atoms with Crippen molar-refractivity contribution in [1.29, 1.82) is 0 Å². The number of carbonyl (C=O) groups excluding carboxylic acids is 2. The molecule has 1 atom stereocenters. The molecule has 0 bridgehead atoms. The third-order valence-electron chi connectivity index (χ3n) is 2.21. The van der Waals surface area contributed by atoms with Gasteiger partial charge in [-0.05, 0) is 47.1 Å². The first kappa shape index (κ1) is 19.6. The molecule has 0 saturated carbocycles. The second-order valence-corrected chi connectivity index (χ2v) is 6.79. The molecule has 0 aliphatic carbocycles. The van der Waals surface area contributed by atoms with Crippen molar-refractivity contribution in [3.05, 3.63) is 11.6 Å². The molecule has 0 aromatic carbocycles. The Labute approximate surface area is 126 Å². The SMILES string of the molecule is CC(C)(C)OC(=O)CC(=CCN)C(N)C(=O)OC(C)(C)C. The quantitative estimate of drug-likeness (QED) is 0.585. The van der Waals surface area contributed by atoms with Gasteiger partial charge in [-0.15, -0.1) is 0 Å². The van der Waals surface area contributed by atoms with Gasteiger partial charge < -0.3 is 20.9 Å². The molecule has 4 N–H and O–H groups in total. The summed E-state index contributed by atoms with van der Waals surface area (Å²) in [5, 5.41) is 0. The van der Waals surface area contributed by atoms with Crippen molar-refractivity contribution in [2.75, 3.05) is 6.54 Å². The molecule has 0 heterocycles. The fourth-order valence-corrected chi connectivity index (χ4v) is 1.52. The fourth-order valence-electron chi connectivity index (χ4n) is 1.52. The van der Waals surface area contributed by atoms with Gasteiger partial charge in [-0.25, -0.2) is 4.79 Å². The van der Waals surface area contributed by atoms with Gasteiger partial charge >= 0.3 is 11.9 Å². The number of nitrogens with two attached hydrogens (primary N) is 2. The van der Waals surface area contributed by atoms with Crippen molar-refractivity contribution in [3.63, 3.8) is 0 Å². The molecule has 1 unspecified atom stereocenters. The minimum absolute atomic E-state index is 0.0884. The lowest BCUT2D eigenvalue weighted by Crippen LogP contribution is -2.39. The summed E-state index contributed by atoms with van der Waals surface area (Å²) in [6, 6.07) is -1.03. The molecule has 0 fully saturated rings. The van der Waals surface area contributed by atoms with Crippen LogP contribution in [0.3, 0.4) is 0 Å². The van der Waals surface area contributed by atoms with E-state index in [2.05, 4.69) is 0 Å². The Morgan fingerprint density at radius 2 is 1.52 bits per heavy atom. The van der Waals surface area contributed by atoms with Gasteiger partial charge in [0.05, 0.1) is 6.42 Å². The van der Waals surface area contributed by atoms with Crippen molar-refractivity contribution in [3.8, 4) is 0 Å². The van der Waals surface area contributed by atoms with Crippen molar-refractivity contribution in [1.82, 2.24) is 0 Å². The maximum absolute atomic E-state index is 12.0. The molecule has 21 heavy (non-hydrogen) atoms. The van der Waals surface area contributed by atoms with E-state index in [-0.39, 0.29) is 13.0 Å². The normalized spacial score (nSPS) is 14.6. The molecule has 6 heteroatoms. The molecule has 0 aromatic heterocycles. The van der Waals surface area contributed by atoms with Gasteiger partial charge in [0.2, 0.25) is 0 Å². The van der Waals surface area contributed by atoms with E-state index < -0.39 is 29.2 Å². The third-order valence-corrected chi connectivity index (χ3v) is 2.21. The van der Waals surface area contributed by atoms with E-state index in [0.29, 0.717) is 5.57 Å². The van der Waals surface area contributed by atoms with E-state index >= 15 is 0 Å². The van der Waals surface area contributed by atoms with Gasteiger partial charge in [0.1, 0.15) is 17.2 Å². The van der Waals surface area contributed by atoms with Crippen LogP contribution in [0.15, 0.2) is 11.6 Å². The number of esters is 2. The molecule has 0 amide bonds. The van der Waals surface area contributed by atoms with Crippen LogP contribution in [0.5, 0.6) is 0 Å². The van der Waals surface area contributed by atoms with Crippen molar-refractivity contribution >= 4 is 11.9 Å².